The first kappa shape index (κ1) is 26.9. The molecule has 1 N–H and O–H groups in total. The van der Waals surface area contributed by atoms with Gasteiger partial charge in [0.05, 0.1) is 31.0 Å². The summed E-state index contributed by atoms with van der Waals surface area (Å²) >= 11 is 0. The summed E-state index contributed by atoms with van der Waals surface area (Å²) < 4.78 is 15.5. The standard InChI is InChI=1S/C31H28N2O6/c1-37-29(34)24-15-18-27(30(35)38-2)28(19-24)32-31(36)33(20-22-9-5-3-6-10-22)21-23-13-16-26(17-14-23)39-25-11-7-4-8-12-25/h3-19H,20-21H2,1-2H3,(H,32,36). The Morgan fingerprint density at radius 1 is 0.667 bits per heavy atom. The van der Waals surface area contributed by atoms with Crippen molar-refractivity contribution < 1.29 is 28.6 Å². The van der Waals surface area contributed by atoms with Gasteiger partial charge in [-0.3, -0.25) is 0 Å². The zero-order chi connectivity index (χ0) is 27.6. The van der Waals surface area contributed by atoms with Crippen molar-refractivity contribution in [2.24, 2.45) is 0 Å². The van der Waals surface area contributed by atoms with E-state index < -0.39 is 18.0 Å². The highest BCUT2D eigenvalue weighted by atomic mass is 16.5. The van der Waals surface area contributed by atoms with E-state index in [0.717, 1.165) is 16.9 Å². The molecule has 2 amide bonds. The summed E-state index contributed by atoms with van der Waals surface area (Å²) in [4.78, 5) is 39.6. The van der Waals surface area contributed by atoms with Crippen molar-refractivity contribution in [3.63, 3.8) is 0 Å². The topological polar surface area (TPSA) is 94.2 Å². The Hall–Kier alpha value is -5.11. The lowest BCUT2D eigenvalue weighted by Gasteiger charge is -2.24. The number of urea groups is 1. The maximum absolute atomic E-state index is 13.6. The Labute approximate surface area is 226 Å². The van der Waals surface area contributed by atoms with Crippen LogP contribution >= 0.6 is 0 Å². The van der Waals surface area contributed by atoms with E-state index in [1.54, 1.807) is 4.90 Å². The monoisotopic (exact) mass is 524 g/mol. The Morgan fingerprint density at radius 2 is 1.23 bits per heavy atom. The molecule has 0 aromatic heterocycles. The number of rotatable bonds is 9. The van der Waals surface area contributed by atoms with Gasteiger partial charge in [0, 0.05) is 13.1 Å². The van der Waals surface area contributed by atoms with Crippen molar-refractivity contribution in [3.8, 4) is 11.5 Å². The Morgan fingerprint density at radius 3 is 1.85 bits per heavy atom. The average Bonchev–Trinajstić information content (AvgIpc) is 2.98. The van der Waals surface area contributed by atoms with Crippen molar-refractivity contribution in [2.45, 2.75) is 13.1 Å². The highest BCUT2D eigenvalue weighted by Crippen LogP contribution is 2.24. The molecule has 8 nitrogen and oxygen atoms in total. The van der Waals surface area contributed by atoms with Crippen molar-refractivity contribution in [1.82, 2.24) is 4.90 Å². The molecule has 4 rings (SSSR count). The van der Waals surface area contributed by atoms with E-state index in [4.69, 9.17) is 14.2 Å². The second-order valence-electron chi connectivity index (χ2n) is 8.57. The minimum atomic E-state index is -0.648. The number of nitrogens with one attached hydrogen (secondary N) is 1. The lowest BCUT2D eigenvalue weighted by atomic mass is 10.1. The molecule has 0 unspecified atom stereocenters. The summed E-state index contributed by atoms with van der Waals surface area (Å²) in [6.45, 7) is 0.579. The number of nitrogens with zero attached hydrogens (tertiary/aromatic N) is 1. The Balaban J connectivity index is 1.58. The van der Waals surface area contributed by atoms with E-state index in [-0.39, 0.29) is 23.4 Å². The second kappa shape index (κ2) is 12.9. The van der Waals surface area contributed by atoms with Gasteiger partial charge in [0.2, 0.25) is 0 Å². The summed E-state index contributed by atoms with van der Waals surface area (Å²) in [7, 11) is 2.50. The van der Waals surface area contributed by atoms with E-state index in [1.165, 1.54) is 32.4 Å². The van der Waals surface area contributed by atoms with Gasteiger partial charge in [-0.2, -0.15) is 0 Å². The fourth-order valence-corrected chi connectivity index (χ4v) is 3.89. The summed E-state index contributed by atoms with van der Waals surface area (Å²) in [5.74, 6) is 0.156. The van der Waals surface area contributed by atoms with Gasteiger partial charge in [0.1, 0.15) is 11.5 Å². The third kappa shape index (κ3) is 7.23. The highest BCUT2D eigenvalue weighted by molar-refractivity contribution is 6.03. The van der Waals surface area contributed by atoms with E-state index in [1.807, 2.05) is 84.9 Å². The number of carbonyl (C=O) groups is 3. The van der Waals surface area contributed by atoms with Gasteiger partial charge in [-0.15, -0.1) is 0 Å². The van der Waals surface area contributed by atoms with Gasteiger partial charge >= 0.3 is 18.0 Å². The van der Waals surface area contributed by atoms with Gasteiger partial charge in [-0.25, -0.2) is 14.4 Å². The maximum Gasteiger partial charge on any atom is 0.339 e. The van der Waals surface area contributed by atoms with Gasteiger partial charge in [0.25, 0.3) is 0 Å². The molecule has 4 aromatic carbocycles. The molecule has 0 atom stereocenters. The molecular weight excluding hydrogens is 496 g/mol. The van der Waals surface area contributed by atoms with Crippen molar-refractivity contribution in [2.75, 3.05) is 19.5 Å². The smallest absolute Gasteiger partial charge is 0.339 e. The number of amides is 2. The van der Waals surface area contributed by atoms with Crippen LogP contribution in [0.2, 0.25) is 0 Å². The predicted molar refractivity (Wildman–Crippen MR) is 147 cm³/mol. The SMILES string of the molecule is COC(=O)c1ccc(C(=O)OC)c(NC(=O)N(Cc2ccccc2)Cc2ccc(Oc3ccccc3)cc2)c1. The zero-order valence-corrected chi connectivity index (χ0v) is 21.6. The number of anilines is 1. The van der Waals surface area contributed by atoms with Crippen molar-refractivity contribution in [3.05, 3.63) is 125 Å². The Kier molecular flexibility index (Phi) is 8.92. The fourth-order valence-electron chi connectivity index (χ4n) is 3.89. The number of ether oxygens (including phenoxy) is 3. The molecule has 0 saturated heterocycles. The van der Waals surface area contributed by atoms with Gasteiger partial charge in [0.15, 0.2) is 0 Å². The highest BCUT2D eigenvalue weighted by Gasteiger charge is 2.21. The van der Waals surface area contributed by atoms with Crippen molar-refractivity contribution in [1.29, 1.82) is 0 Å². The van der Waals surface area contributed by atoms with Crippen LogP contribution in [0.4, 0.5) is 10.5 Å². The lowest BCUT2D eigenvalue weighted by molar-refractivity contribution is 0.0587. The first-order valence-corrected chi connectivity index (χ1v) is 12.2. The van der Waals surface area contributed by atoms with Crippen LogP contribution in [0.1, 0.15) is 31.8 Å². The maximum atomic E-state index is 13.6. The molecule has 0 spiro atoms. The summed E-state index contributed by atoms with van der Waals surface area (Å²) in [6, 6.07) is 30.3. The summed E-state index contributed by atoms with van der Waals surface area (Å²) in [5.41, 5.74) is 2.23. The molecule has 0 aliphatic heterocycles. The number of carbonyl (C=O) groups excluding carboxylic acids is 3. The number of esters is 2. The number of benzene rings is 4. The Bertz CT molecular complexity index is 1420. The van der Waals surface area contributed by atoms with Crippen molar-refractivity contribution >= 4 is 23.7 Å². The fraction of sp³-hybridized carbons (Fsp3) is 0.129. The first-order valence-electron chi connectivity index (χ1n) is 12.2. The molecule has 39 heavy (non-hydrogen) atoms. The van der Waals surface area contributed by atoms with E-state index >= 15 is 0 Å². The van der Waals surface area contributed by atoms with Gasteiger partial charge in [-0.1, -0.05) is 60.7 Å². The van der Waals surface area contributed by atoms with Crippen LogP contribution in [0, 0.1) is 0 Å². The van der Waals surface area contributed by atoms with Crippen LogP contribution in [0.3, 0.4) is 0 Å². The van der Waals surface area contributed by atoms with Crippen LogP contribution in [-0.2, 0) is 22.6 Å². The third-order valence-electron chi connectivity index (χ3n) is 5.87. The zero-order valence-electron chi connectivity index (χ0n) is 21.6. The molecule has 0 heterocycles. The van der Waals surface area contributed by atoms with E-state index in [2.05, 4.69) is 5.32 Å². The number of hydrogen-bond donors (Lipinski definition) is 1. The molecule has 0 aliphatic rings. The van der Waals surface area contributed by atoms with Gasteiger partial charge < -0.3 is 24.4 Å². The molecule has 0 saturated carbocycles. The quantitative estimate of drug-likeness (QED) is 0.259. The van der Waals surface area contributed by atoms with Crippen LogP contribution in [0.15, 0.2) is 103 Å². The van der Waals surface area contributed by atoms with Gasteiger partial charge in [-0.05, 0) is 53.6 Å². The molecule has 0 fully saturated rings. The van der Waals surface area contributed by atoms with Crippen LogP contribution in [0.25, 0.3) is 0 Å². The van der Waals surface area contributed by atoms with E-state index in [9.17, 15) is 14.4 Å². The molecule has 0 radical (unpaired) electrons. The third-order valence-corrected chi connectivity index (χ3v) is 5.87. The predicted octanol–water partition coefficient (Wildman–Crippen LogP) is 6.29. The normalized spacial score (nSPS) is 10.3. The largest absolute Gasteiger partial charge is 0.465 e. The first-order chi connectivity index (χ1) is 19.0. The summed E-state index contributed by atoms with van der Waals surface area (Å²) in [5, 5.41) is 2.78. The molecule has 8 heteroatoms. The van der Waals surface area contributed by atoms with Crippen LogP contribution in [0.5, 0.6) is 11.5 Å². The molecule has 0 aliphatic carbocycles. The van der Waals surface area contributed by atoms with Crippen LogP contribution < -0.4 is 10.1 Å². The number of methoxy groups -OCH3 is 2. The molecule has 198 valence electrons. The van der Waals surface area contributed by atoms with Crippen LogP contribution in [-0.4, -0.2) is 37.1 Å². The second-order valence-corrected chi connectivity index (χ2v) is 8.57. The minimum Gasteiger partial charge on any atom is -0.465 e. The average molecular weight is 525 g/mol. The van der Waals surface area contributed by atoms with E-state index in [0.29, 0.717) is 12.3 Å². The molecule has 4 aromatic rings. The number of para-hydroxylation sites is 1. The minimum absolute atomic E-state index is 0.112. The lowest BCUT2D eigenvalue weighted by Crippen LogP contribution is -2.34. The summed E-state index contributed by atoms with van der Waals surface area (Å²) in [6.07, 6.45) is 0. The molecule has 0 bridgehead atoms. The number of hydrogen-bond acceptors (Lipinski definition) is 6. The molecular formula is C31H28N2O6.